The van der Waals surface area contributed by atoms with Crippen molar-refractivity contribution in [3.05, 3.63) is 130 Å². The van der Waals surface area contributed by atoms with Crippen LogP contribution in [0.1, 0.15) is 95.9 Å². The van der Waals surface area contributed by atoms with Gasteiger partial charge in [0.25, 0.3) is 0 Å². The van der Waals surface area contributed by atoms with E-state index in [9.17, 15) is 19.8 Å². The molecule has 0 fully saturated rings. The van der Waals surface area contributed by atoms with Crippen molar-refractivity contribution in [2.45, 2.75) is 108 Å². The van der Waals surface area contributed by atoms with Crippen LogP contribution in [-0.2, 0) is 9.59 Å². The topological polar surface area (TPSA) is 74.6 Å². The normalized spacial score (nSPS) is 23.6. The second kappa shape index (κ2) is 18.5. The van der Waals surface area contributed by atoms with Gasteiger partial charge < -0.3 is 10.2 Å². The molecule has 0 saturated carbocycles. The average molecular weight is 627 g/mol. The maximum absolute atomic E-state index is 12.0. The van der Waals surface area contributed by atoms with Crippen LogP contribution >= 0.6 is 0 Å². The summed E-state index contributed by atoms with van der Waals surface area (Å²) in [7, 11) is 0. The highest BCUT2D eigenvalue weighted by Gasteiger charge is 2.37. The lowest BCUT2D eigenvalue weighted by atomic mass is 9.71. The van der Waals surface area contributed by atoms with Crippen molar-refractivity contribution in [2.75, 3.05) is 0 Å². The molecule has 2 aliphatic carbocycles. The summed E-state index contributed by atoms with van der Waals surface area (Å²) in [6.45, 7) is 24.1. The molecule has 2 N–H and O–H groups in total. The highest BCUT2D eigenvalue weighted by molar-refractivity contribution is 6.01. The summed E-state index contributed by atoms with van der Waals surface area (Å²) in [6, 6.07) is 0. The molecule has 0 heterocycles. The Bertz CT molecular complexity index is 1450. The quantitative estimate of drug-likeness (QED) is 0.250. The van der Waals surface area contributed by atoms with Crippen LogP contribution in [0.15, 0.2) is 130 Å². The first-order valence-corrected chi connectivity index (χ1v) is 16.2. The molecular formula is C42H58O4. The summed E-state index contributed by atoms with van der Waals surface area (Å²) >= 11 is 0. The molecule has 46 heavy (non-hydrogen) atoms. The summed E-state index contributed by atoms with van der Waals surface area (Å²) in [4.78, 5) is 24.0. The second-order valence-electron chi connectivity index (χ2n) is 13.7. The number of carbonyl (C=O) groups is 2. The fourth-order valence-electron chi connectivity index (χ4n) is 5.50. The number of rotatable bonds is 9. The minimum atomic E-state index is -0.872. The van der Waals surface area contributed by atoms with Crippen LogP contribution in [-0.4, -0.2) is 34.0 Å². The van der Waals surface area contributed by atoms with Gasteiger partial charge >= 0.3 is 0 Å². The van der Waals surface area contributed by atoms with Gasteiger partial charge in [0.2, 0.25) is 0 Å². The molecule has 0 radical (unpaired) electrons. The molecule has 0 aromatic heterocycles. The van der Waals surface area contributed by atoms with Crippen molar-refractivity contribution in [1.82, 2.24) is 0 Å². The van der Waals surface area contributed by atoms with Crippen molar-refractivity contribution in [1.29, 1.82) is 0 Å². The summed E-state index contributed by atoms with van der Waals surface area (Å²) in [5.41, 5.74) is 7.63. The molecule has 0 saturated heterocycles. The Morgan fingerprint density at radius 3 is 1.33 bits per heavy atom. The number of hydrogen-bond acceptors (Lipinski definition) is 4. The zero-order valence-electron chi connectivity index (χ0n) is 30.4. The highest BCUT2D eigenvalue weighted by atomic mass is 16.3. The zero-order valence-corrected chi connectivity index (χ0v) is 30.4. The lowest BCUT2D eigenvalue weighted by Crippen LogP contribution is -2.35. The van der Waals surface area contributed by atoms with Crippen LogP contribution in [0.2, 0.25) is 0 Å². The van der Waals surface area contributed by atoms with E-state index >= 15 is 0 Å². The molecule has 0 aromatic carbocycles. The molecule has 2 atom stereocenters. The largest absolute Gasteiger partial charge is 0.385 e. The van der Waals surface area contributed by atoms with Crippen LogP contribution in [0, 0.1) is 10.8 Å². The van der Waals surface area contributed by atoms with Gasteiger partial charge in [-0.2, -0.15) is 0 Å². The van der Waals surface area contributed by atoms with E-state index in [1.165, 1.54) is 11.1 Å². The predicted molar refractivity (Wildman–Crippen MR) is 196 cm³/mol. The van der Waals surface area contributed by atoms with E-state index in [0.717, 1.165) is 22.3 Å². The van der Waals surface area contributed by atoms with Crippen LogP contribution in [0.4, 0.5) is 0 Å². The number of ketones is 2. The van der Waals surface area contributed by atoms with Gasteiger partial charge in [-0.1, -0.05) is 135 Å². The molecular weight excluding hydrogens is 568 g/mol. The molecule has 0 aliphatic heterocycles. The molecule has 0 bridgehead atoms. The van der Waals surface area contributed by atoms with Crippen molar-refractivity contribution in [3.63, 3.8) is 0 Å². The fraction of sp³-hybridized carbons (Fsp3) is 0.429. The number of carbonyl (C=O) groups excluding carboxylic acids is 2. The maximum Gasteiger partial charge on any atom is 0.187 e. The van der Waals surface area contributed by atoms with E-state index < -0.39 is 12.2 Å². The van der Waals surface area contributed by atoms with E-state index in [1.807, 2.05) is 88.5 Å². The molecule has 0 spiro atoms. The Morgan fingerprint density at radius 2 is 0.957 bits per heavy atom. The lowest BCUT2D eigenvalue weighted by Gasteiger charge is -2.34. The van der Waals surface area contributed by atoms with Crippen LogP contribution in [0.25, 0.3) is 0 Å². The van der Waals surface area contributed by atoms with Gasteiger partial charge in [0.15, 0.2) is 11.6 Å². The minimum absolute atomic E-state index is 0.149. The van der Waals surface area contributed by atoms with Gasteiger partial charge in [-0.25, -0.2) is 0 Å². The highest BCUT2D eigenvalue weighted by Crippen LogP contribution is 2.40. The summed E-state index contributed by atoms with van der Waals surface area (Å²) in [5, 5.41) is 19.7. The van der Waals surface area contributed by atoms with Gasteiger partial charge in [-0.05, 0) is 101 Å². The summed E-state index contributed by atoms with van der Waals surface area (Å²) in [6.07, 6.45) is 27.7. The van der Waals surface area contributed by atoms with Gasteiger partial charge in [0.1, 0.15) is 12.2 Å². The smallest absolute Gasteiger partial charge is 0.187 e. The molecule has 0 amide bonds. The SMILES string of the molecule is C/C=C(C)/C=C/C=C(C)/C=C/C1=C(C)C(=O)C(O)CC1(C)C.C/C=C/C=C(C)/C=C/C=C(C)/C=C/C1=C(C)C(=O)C(O)CC1(C)C. The van der Waals surface area contributed by atoms with Gasteiger partial charge in [0, 0.05) is 0 Å². The molecule has 2 rings (SSSR count). The Labute approximate surface area is 279 Å². The predicted octanol–water partition coefficient (Wildman–Crippen LogP) is 9.93. The van der Waals surface area contributed by atoms with Gasteiger partial charge in [-0.15, -0.1) is 0 Å². The number of aliphatic hydroxyl groups is 2. The Hall–Kier alpha value is -3.60. The minimum Gasteiger partial charge on any atom is -0.385 e. The third kappa shape index (κ3) is 12.7. The summed E-state index contributed by atoms with van der Waals surface area (Å²) in [5.74, 6) is -0.301. The number of hydrogen-bond donors (Lipinski definition) is 2. The first-order valence-electron chi connectivity index (χ1n) is 16.2. The number of Topliss-reactive ketones (excluding diaryl/α,β-unsaturated/α-hetero) is 2. The van der Waals surface area contributed by atoms with Crippen molar-refractivity contribution >= 4 is 11.6 Å². The zero-order chi connectivity index (χ0) is 35.2. The molecule has 2 aliphatic rings. The Kier molecular flexibility index (Phi) is 16.3. The molecule has 250 valence electrons. The second-order valence-corrected chi connectivity index (χ2v) is 13.7. The van der Waals surface area contributed by atoms with Gasteiger partial charge in [0.05, 0.1) is 0 Å². The lowest BCUT2D eigenvalue weighted by molar-refractivity contribution is -0.126. The monoisotopic (exact) mass is 626 g/mol. The summed E-state index contributed by atoms with van der Waals surface area (Å²) < 4.78 is 0. The van der Waals surface area contributed by atoms with E-state index in [-0.39, 0.29) is 22.4 Å². The van der Waals surface area contributed by atoms with E-state index in [4.69, 9.17) is 0 Å². The van der Waals surface area contributed by atoms with Crippen molar-refractivity contribution in [3.8, 4) is 0 Å². The van der Waals surface area contributed by atoms with Crippen molar-refractivity contribution in [2.24, 2.45) is 10.8 Å². The Balaban J connectivity index is 0.000000462. The van der Waals surface area contributed by atoms with Crippen LogP contribution < -0.4 is 0 Å². The Morgan fingerprint density at radius 1 is 0.609 bits per heavy atom. The first-order chi connectivity index (χ1) is 21.4. The first kappa shape index (κ1) is 40.4. The number of allylic oxidation sites excluding steroid dienone is 20. The fourth-order valence-corrected chi connectivity index (χ4v) is 5.50. The third-order valence-electron chi connectivity index (χ3n) is 8.49. The standard InChI is InChI=1S/C22H30O2.C20H28O2/c1-7-8-10-16(2)11-9-12-17(3)13-14-19-18(4)21(24)20(23)15-22(19,5)6;1-7-14(2)9-8-10-15(3)11-12-17-16(4)19(22)18(21)13-20(17,5)6/h7-14,20,23H,15H2,1-6H3;7-12,18,21H,13H2,1-6H3/b8-7+,11-9+,14-13+,16-10+,17-12+;9-8+,12-11+,14-7+,15-10+. The number of aliphatic hydroxyl groups excluding tert-OH is 2. The molecule has 4 heteroatoms. The van der Waals surface area contributed by atoms with Gasteiger partial charge in [-0.3, -0.25) is 9.59 Å². The van der Waals surface area contributed by atoms with Crippen LogP contribution in [0.3, 0.4) is 0 Å². The molecule has 2 unspecified atom stereocenters. The van der Waals surface area contributed by atoms with Crippen molar-refractivity contribution < 1.29 is 19.8 Å². The van der Waals surface area contributed by atoms with E-state index in [1.54, 1.807) is 13.8 Å². The van der Waals surface area contributed by atoms with E-state index in [0.29, 0.717) is 24.0 Å². The third-order valence-corrected chi connectivity index (χ3v) is 8.49. The maximum atomic E-state index is 12.0. The van der Waals surface area contributed by atoms with E-state index in [2.05, 4.69) is 65.8 Å². The molecule has 4 nitrogen and oxygen atoms in total. The average Bonchev–Trinajstić information content (AvgIpc) is 2.97. The molecule has 0 aromatic rings. The van der Waals surface area contributed by atoms with Crippen LogP contribution in [0.5, 0.6) is 0 Å².